The van der Waals surface area contributed by atoms with Gasteiger partial charge in [0.1, 0.15) is 10.8 Å². The highest BCUT2D eigenvalue weighted by Crippen LogP contribution is 2.39. The third-order valence-electron chi connectivity index (χ3n) is 6.91. The summed E-state index contributed by atoms with van der Waals surface area (Å²) in [5, 5.41) is 6.69. The lowest BCUT2D eigenvalue weighted by Crippen LogP contribution is -2.44. The molecule has 2 aliphatic heterocycles. The van der Waals surface area contributed by atoms with E-state index in [-0.39, 0.29) is 11.9 Å². The number of methoxy groups -OCH3 is 1. The summed E-state index contributed by atoms with van der Waals surface area (Å²) in [5.74, 6) is 1.35. The number of piperidine rings is 1. The zero-order valence-corrected chi connectivity index (χ0v) is 22.7. The molecule has 3 heterocycles. The number of nitrogens with one attached hydrogen (secondary N) is 2. The monoisotopic (exact) mass is 529 g/mol. The highest BCUT2D eigenvalue weighted by molar-refractivity contribution is 6.32. The van der Waals surface area contributed by atoms with Gasteiger partial charge in [-0.05, 0) is 46.0 Å². The zero-order valence-electron chi connectivity index (χ0n) is 22.0. The number of benzene rings is 1. The summed E-state index contributed by atoms with van der Waals surface area (Å²) in [4.78, 5) is 28.1. The smallest absolute Gasteiger partial charge is 0.247 e. The molecule has 4 rings (SSSR count). The van der Waals surface area contributed by atoms with Gasteiger partial charge in [-0.3, -0.25) is 4.79 Å². The van der Waals surface area contributed by atoms with Gasteiger partial charge in [-0.25, -0.2) is 4.98 Å². The maximum absolute atomic E-state index is 12.3. The van der Waals surface area contributed by atoms with Crippen LogP contribution in [0, 0.1) is 0 Å². The Morgan fingerprint density at radius 2 is 2.03 bits per heavy atom. The summed E-state index contributed by atoms with van der Waals surface area (Å²) in [7, 11) is 5.85. The van der Waals surface area contributed by atoms with Crippen molar-refractivity contribution in [2.45, 2.75) is 31.8 Å². The Balaban J connectivity index is 1.65. The fraction of sp³-hybridized carbons (Fsp3) is 0.500. The van der Waals surface area contributed by atoms with Crippen LogP contribution >= 0.6 is 11.6 Å². The van der Waals surface area contributed by atoms with Crippen LogP contribution in [-0.2, 0) is 9.53 Å². The number of morpholine rings is 1. The average Bonchev–Trinajstić information content (AvgIpc) is 2.90. The third-order valence-corrected chi connectivity index (χ3v) is 7.17. The second-order valence-electron chi connectivity index (χ2n) is 9.55. The number of anilines is 5. The molecular formula is C26H36ClN7O3. The highest BCUT2D eigenvalue weighted by atomic mass is 35.5. The van der Waals surface area contributed by atoms with Gasteiger partial charge in [-0.1, -0.05) is 18.2 Å². The number of nitrogens with zero attached hydrogens (tertiary/aromatic N) is 5. The molecule has 1 aromatic carbocycles. The Hall–Kier alpha value is -3.08. The predicted molar refractivity (Wildman–Crippen MR) is 149 cm³/mol. The molecule has 2 N–H and O–H groups in total. The zero-order chi connectivity index (χ0) is 26.5. The van der Waals surface area contributed by atoms with Gasteiger partial charge in [-0.15, -0.1) is 0 Å². The topological polar surface area (TPSA) is 95.1 Å². The van der Waals surface area contributed by atoms with Gasteiger partial charge in [-0.2, -0.15) is 4.98 Å². The molecular weight excluding hydrogens is 494 g/mol. The Labute approximate surface area is 223 Å². The molecule has 0 aliphatic carbocycles. The van der Waals surface area contributed by atoms with Gasteiger partial charge in [0.15, 0.2) is 5.82 Å². The molecule has 1 aromatic heterocycles. The van der Waals surface area contributed by atoms with E-state index in [1.165, 1.54) is 6.08 Å². The lowest BCUT2D eigenvalue weighted by Gasteiger charge is -2.37. The quantitative estimate of drug-likeness (QED) is 0.495. The molecule has 2 aromatic rings. The molecule has 200 valence electrons. The largest absolute Gasteiger partial charge is 0.494 e. The Kier molecular flexibility index (Phi) is 8.73. The minimum absolute atomic E-state index is 0.139. The summed E-state index contributed by atoms with van der Waals surface area (Å²) in [6, 6.07) is 4.47. The molecule has 10 nitrogen and oxygen atoms in total. The normalized spacial score (nSPS) is 18.6. The summed E-state index contributed by atoms with van der Waals surface area (Å²) in [6.07, 6.45) is 4.92. The third kappa shape index (κ3) is 6.26. The first kappa shape index (κ1) is 27.0. The van der Waals surface area contributed by atoms with Crippen molar-refractivity contribution in [3.63, 3.8) is 0 Å². The summed E-state index contributed by atoms with van der Waals surface area (Å²) in [6.45, 7) is 9.33. The standard InChI is InChI=1S/C26H36ClN7O3/c1-6-24(35)29-20-13-21(23(36-5)14-22(20)33-9-7-18(8-10-33)32(3)4)30-26-28-15-19(27)25(31-26)34-11-12-37-16-17(34)2/h6,13-15,17-18H,1,7-12,16H2,2-5H3,(H,29,35)(H,28,30,31). The molecule has 1 atom stereocenters. The Morgan fingerprint density at radius 1 is 1.27 bits per heavy atom. The van der Waals surface area contributed by atoms with Crippen molar-refractivity contribution in [2.75, 3.05) is 74.5 Å². The number of halogens is 1. The van der Waals surface area contributed by atoms with Crippen LogP contribution in [0.5, 0.6) is 5.75 Å². The molecule has 0 bridgehead atoms. The van der Waals surface area contributed by atoms with Crippen LogP contribution in [0.3, 0.4) is 0 Å². The van der Waals surface area contributed by atoms with Gasteiger partial charge in [0.2, 0.25) is 11.9 Å². The molecule has 1 amide bonds. The number of rotatable bonds is 8. The fourth-order valence-electron chi connectivity index (χ4n) is 4.79. The van der Waals surface area contributed by atoms with E-state index in [0.29, 0.717) is 59.7 Å². The van der Waals surface area contributed by atoms with Crippen LogP contribution < -0.4 is 25.2 Å². The maximum Gasteiger partial charge on any atom is 0.247 e. The Morgan fingerprint density at radius 3 is 2.68 bits per heavy atom. The van der Waals surface area contributed by atoms with Crippen molar-refractivity contribution in [3.8, 4) is 5.75 Å². The Bertz CT molecular complexity index is 1120. The van der Waals surface area contributed by atoms with Crippen molar-refractivity contribution in [3.05, 3.63) is 36.0 Å². The van der Waals surface area contributed by atoms with E-state index >= 15 is 0 Å². The highest BCUT2D eigenvalue weighted by Gasteiger charge is 2.26. The number of amides is 1. The van der Waals surface area contributed by atoms with Crippen LogP contribution in [0.2, 0.25) is 5.02 Å². The molecule has 11 heteroatoms. The fourth-order valence-corrected chi connectivity index (χ4v) is 4.99. The number of carbonyl (C=O) groups is 1. The first-order valence-electron chi connectivity index (χ1n) is 12.5. The van der Waals surface area contributed by atoms with Gasteiger partial charge in [0.25, 0.3) is 0 Å². The van der Waals surface area contributed by atoms with E-state index in [0.717, 1.165) is 31.6 Å². The van der Waals surface area contributed by atoms with Crippen LogP contribution in [0.25, 0.3) is 0 Å². The van der Waals surface area contributed by atoms with Crippen molar-refractivity contribution >= 4 is 46.3 Å². The second kappa shape index (κ2) is 12.0. The van der Waals surface area contributed by atoms with Crippen molar-refractivity contribution in [1.29, 1.82) is 0 Å². The summed E-state index contributed by atoms with van der Waals surface area (Å²) in [5.41, 5.74) is 2.18. The molecule has 2 fully saturated rings. The van der Waals surface area contributed by atoms with Crippen molar-refractivity contribution < 1.29 is 14.3 Å². The number of aromatic nitrogens is 2. The van der Waals surface area contributed by atoms with Crippen molar-refractivity contribution in [1.82, 2.24) is 14.9 Å². The van der Waals surface area contributed by atoms with Gasteiger partial charge in [0, 0.05) is 31.7 Å². The molecule has 2 aliphatic rings. The lowest BCUT2D eigenvalue weighted by molar-refractivity contribution is -0.111. The van der Waals surface area contributed by atoms with E-state index in [2.05, 4.69) is 57.9 Å². The van der Waals surface area contributed by atoms with Crippen LogP contribution in [0.4, 0.5) is 28.8 Å². The van der Waals surface area contributed by atoms with Crippen molar-refractivity contribution in [2.24, 2.45) is 0 Å². The number of hydrogen-bond acceptors (Lipinski definition) is 9. The minimum Gasteiger partial charge on any atom is -0.494 e. The SMILES string of the molecule is C=CC(=O)Nc1cc(Nc2ncc(Cl)c(N3CCOCC3C)n2)c(OC)cc1N1CCC(N(C)C)CC1. The molecule has 2 saturated heterocycles. The molecule has 37 heavy (non-hydrogen) atoms. The number of carbonyl (C=O) groups excluding carboxylic acids is 1. The van der Waals surface area contributed by atoms with E-state index in [1.807, 2.05) is 12.1 Å². The van der Waals surface area contributed by atoms with Crippen LogP contribution in [0.15, 0.2) is 31.0 Å². The average molecular weight is 530 g/mol. The molecule has 1 unspecified atom stereocenters. The lowest BCUT2D eigenvalue weighted by atomic mass is 10.0. The minimum atomic E-state index is -0.285. The van der Waals surface area contributed by atoms with E-state index in [9.17, 15) is 4.79 Å². The molecule has 0 radical (unpaired) electrons. The van der Waals surface area contributed by atoms with Gasteiger partial charge >= 0.3 is 0 Å². The van der Waals surface area contributed by atoms with Gasteiger partial charge in [0.05, 0.1) is 49.6 Å². The van der Waals surface area contributed by atoms with E-state index in [4.69, 9.17) is 26.1 Å². The predicted octanol–water partition coefficient (Wildman–Crippen LogP) is 3.76. The van der Waals surface area contributed by atoms with Crippen LogP contribution in [0.1, 0.15) is 19.8 Å². The first-order valence-corrected chi connectivity index (χ1v) is 12.9. The van der Waals surface area contributed by atoms with Gasteiger partial charge < -0.3 is 34.8 Å². The van der Waals surface area contributed by atoms with Crippen LogP contribution in [-0.4, -0.2) is 86.9 Å². The molecule has 0 spiro atoms. The first-order chi connectivity index (χ1) is 17.8. The molecule has 0 saturated carbocycles. The maximum atomic E-state index is 12.3. The summed E-state index contributed by atoms with van der Waals surface area (Å²) >= 11 is 6.47. The van der Waals surface area contributed by atoms with E-state index < -0.39 is 0 Å². The number of ether oxygens (including phenoxy) is 2. The number of hydrogen-bond donors (Lipinski definition) is 2. The summed E-state index contributed by atoms with van der Waals surface area (Å²) < 4.78 is 11.3. The van der Waals surface area contributed by atoms with E-state index in [1.54, 1.807) is 13.3 Å². The second-order valence-corrected chi connectivity index (χ2v) is 9.96.